The van der Waals surface area contributed by atoms with Gasteiger partial charge in [0.25, 0.3) is 0 Å². The molecule has 0 spiro atoms. The Bertz CT molecular complexity index is 1470. The fraction of sp³-hybridized carbons (Fsp3) is 0.172. The summed E-state index contributed by atoms with van der Waals surface area (Å²) in [4.78, 5) is 41.3. The monoisotopic (exact) mass is 483 g/mol. The third-order valence-corrected chi connectivity index (χ3v) is 6.56. The predicted octanol–water partition coefficient (Wildman–Crippen LogP) is 5.57. The van der Waals surface area contributed by atoms with E-state index in [0.717, 1.165) is 5.56 Å². The maximum atomic E-state index is 13.1. The Kier molecular flexibility index (Phi) is 6.06. The van der Waals surface area contributed by atoms with Crippen molar-refractivity contribution in [2.75, 3.05) is 0 Å². The first kappa shape index (κ1) is 23.4. The maximum absolute atomic E-state index is 13.1. The number of ether oxygens (including phenoxy) is 1. The number of halogens is 1. The lowest BCUT2D eigenvalue weighted by molar-refractivity contribution is -0.133. The highest BCUT2D eigenvalue weighted by molar-refractivity contribution is 6.11. The molecule has 1 aliphatic rings. The van der Waals surface area contributed by atoms with E-state index in [-0.39, 0.29) is 35.8 Å². The largest absolute Gasteiger partial charge is 0.478 e. The molecule has 0 atom stereocenters. The molecule has 1 aliphatic carbocycles. The molecule has 0 aliphatic heterocycles. The number of aromatic carboxylic acids is 1. The van der Waals surface area contributed by atoms with Crippen LogP contribution in [-0.4, -0.2) is 27.6 Å². The van der Waals surface area contributed by atoms with Gasteiger partial charge in [-0.25, -0.2) is 9.18 Å². The summed E-state index contributed by atoms with van der Waals surface area (Å²) in [5, 5.41) is 9.86. The first-order chi connectivity index (χ1) is 17.3. The van der Waals surface area contributed by atoms with Crippen LogP contribution in [0.3, 0.4) is 0 Å². The number of carbonyl (C=O) groups excluding carboxylic acids is 2. The zero-order valence-corrected chi connectivity index (χ0v) is 19.2. The molecular weight excluding hydrogens is 461 g/mol. The lowest BCUT2D eigenvalue weighted by Gasteiger charge is -2.14. The van der Waals surface area contributed by atoms with Gasteiger partial charge in [-0.2, -0.15) is 0 Å². The van der Waals surface area contributed by atoms with Crippen molar-refractivity contribution >= 4 is 28.4 Å². The Morgan fingerprint density at radius 3 is 2.06 bits per heavy atom. The van der Waals surface area contributed by atoms with Gasteiger partial charge in [0.05, 0.1) is 16.5 Å². The van der Waals surface area contributed by atoms with Gasteiger partial charge < -0.3 is 9.84 Å². The number of pyridine rings is 1. The highest BCUT2D eigenvalue weighted by atomic mass is 19.1. The van der Waals surface area contributed by atoms with Crippen LogP contribution in [0.2, 0.25) is 0 Å². The van der Waals surface area contributed by atoms with Crippen LogP contribution in [0.15, 0.2) is 79.0 Å². The van der Waals surface area contributed by atoms with Gasteiger partial charge >= 0.3 is 5.97 Å². The Morgan fingerprint density at radius 2 is 1.47 bits per heavy atom. The van der Waals surface area contributed by atoms with E-state index in [9.17, 15) is 23.9 Å². The minimum atomic E-state index is -1.03. The molecule has 0 bridgehead atoms. The summed E-state index contributed by atoms with van der Waals surface area (Å²) in [5.74, 6) is -0.522. The van der Waals surface area contributed by atoms with Gasteiger partial charge in [-0.1, -0.05) is 24.3 Å². The molecule has 1 N–H and O–H groups in total. The molecule has 1 saturated carbocycles. The average Bonchev–Trinajstić information content (AvgIpc) is 3.69. The van der Waals surface area contributed by atoms with E-state index in [1.54, 1.807) is 54.7 Å². The third-order valence-electron chi connectivity index (χ3n) is 6.56. The number of hydrogen-bond acceptors (Lipinski definition) is 5. The Morgan fingerprint density at radius 1 is 0.861 bits per heavy atom. The minimum Gasteiger partial charge on any atom is -0.478 e. The molecule has 6 nitrogen and oxygen atoms in total. The Balaban J connectivity index is 1.25. The van der Waals surface area contributed by atoms with E-state index < -0.39 is 11.4 Å². The molecule has 1 fully saturated rings. The zero-order chi connectivity index (χ0) is 25.3. The number of fused-ring (bicyclic) bond motifs is 1. The number of carboxylic acids is 1. The van der Waals surface area contributed by atoms with Gasteiger partial charge in [-0.05, 0) is 72.5 Å². The second kappa shape index (κ2) is 9.34. The maximum Gasteiger partial charge on any atom is 0.335 e. The van der Waals surface area contributed by atoms with Crippen LogP contribution in [0.5, 0.6) is 11.5 Å². The van der Waals surface area contributed by atoms with Crippen molar-refractivity contribution in [2.24, 2.45) is 5.41 Å². The highest BCUT2D eigenvalue weighted by Crippen LogP contribution is 2.48. The number of rotatable bonds is 9. The molecule has 180 valence electrons. The Hall–Kier alpha value is -4.39. The van der Waals surface area contributed by atoms with Crippen molar-refractivity contribution in [3.63, 3.8) is 0 Å². The van der Waals surface area contributed by atoms with E-state index in [1.807, 2.05) is 0 Å². The number of carbonyl (C=O) groups is 3. The molecule has 1 aromatic heterocycles. The van der Waals surface area contributed by atoms with Gasteiger partial charge in [0.15, 0.2) is 11.6 Å². The second-order valence-corrected chi connectivity index (χ2v) is 9.00. The molecule has 0 radical (unpaired) electrons. The summed E-state index contributed by atoms with van der Waals surface area (Å²) in [7, 11) is 0. The third kappa shape index (κ3) is 4.73. The van der Waals surface area contributed by atoms with Gasteiger partial charge in [-0.3, -0.25) is 14.6 Å². The summed E-state index contributed by atoms with van der Waals surface area (Å²) in [6.07, 6.45) is 2.91. The molecule has 0 unspecified atom stereocenters. The van der Waals surface area contributed by atoms with Crippen LogP contribution in [0, 0.1) is 11.2 Å². The normalized spacial score (nSPS) is 13.8. The smallest absolute Gasteiger partial charge is 0.335 e. The molecule has 1 heterocycles. The summed E-state index contributed by atoms with van der Waals surface area (Å²) >= 11 is 0. The number of nitrogens with zero attached hydrogens (tertiary/aromatic N) is 1. The molecule has 0 amide bonds. The van der Waals surface area contributed by atoms with Crippen molar-refractivity contribution in [3.8, 4) is 11.5 Å². The van der Waals surface area contributed by atoms with E-state index in [2.05, 4.69) is 4.98 Å². The van der Waals surface area contributed by atoms with Gasteiger partial charge in [0, 0.05) is 24.4 Å². The van der Waals surface area contributed by atoms with Crippen molar-refractivity contribution in [2.45, 2.75) is 25.7 Å². The lowest BCUT2D eigenvalue weighted by atomic mass is 9.88. The first-order valence-electron chi connectivity index (χ1n) is 11.5. The van der Waals surface area contributed by atoms with Crippen LogP contribution < -0.4 is 4.74 Å². The molecular formula is C29H22FNO5. The summed E-state index contributed by atoms with van der Waals surface area (Å²) in [6, 6.07) is 19.2. The fourth-order valence-electron chi connectivity index (χ4n) is 4.30. The first-order valence-corrected chi connectivity index (χ1v) is 11.5. The van der Waals surface area contributed by atoms with Gasteiger partial charge in [-0.15, -0.1) is 0 Å². The Labute approximate surface area is 206 Å². The molecule has 5 rings (SSSR count). The van der Waals surface area contributed by atoms with E-state index in [0.29, 0.717) is 40.8 Å². The number of ketones is 2. The van der Waals surface area contributed by atoms with Crippen molar-refractivity contribution in [1.82, 2.24) is 4.98 Å². The SMILES string of the molecule is O=C(O)c1ccc2c(Oc3ccc(CC(=O)C4(C(=O)Cc5ccc(F)cc5)CC4)cc3)ccnc2c1. The van der Waals surface area contributed by atoms with Crippen molar-refractivity contribution in [1.29, 1.82) is 0 Å². The summed E-state index contributed by atoms with van der Waals surface area (Å²) in [5.41, 5.74) is 1.19. The molecule has 3 aromatic carbocycles. The van der Waals surface area contributed by atoms with E-state index in [4.69, 9.17) is 4.74 Å². The van der Waals surface area contributed by atoms with Crippen molar-refractivity contribution in [3.05, 3.63) is 102 Å². The van der Waals surface area contributed by atoms with Crippen molar-refractivity contribution < 1.29 is 28.6 Å². The lowest BCUT2D eigenvalue weighted by Crippen LogP contribution is -2.28. The second-order valence-electron chi connectivity index (χ2n) is 9.00. The number of Topliss-reactive ketones (excluding diaryl/α,β-unsaturated/α-hetero) is 2. The molecule has 36 heavy (non-hydrogen) atoms. The quantitative estimate of drug-likeness (QED) is 0.313. The number of aromatic nitrogens is 1. The molecule has 7 heteroatoms. The topological polar surface area (TPSA) is 93.6 Å². The van der Waals surface area contributed by atoms with Gasteiger partial charge in [0.2, 0.25) is 0 Å². The average molecular weight is 483 g/mol. The van der Waals surface area contributed by atoms with E-state index in [1.165, 1.54) is 24.3 Å². The van der Waals surface area contributed by atoms with Crippen LogP contribution >= 0.6 is 0 Å². The highest BCUT2D eigenvalue weighted by Gasteiger charge is 2.54. The number of carboxylic acid groups (broad SMARTS) is 1. The van der Waals surface area contributed by atoms with Crippen LogP contribution in [0.25, 0.3) is 10.9 Å². The van der Waals surface area contributed by atoms with Gasteiger partial charge in [0.1, 0.15) is 17.3 Å². The zero-order valence-electron chi connectivity index (χ0n) is 19.2. The van der Waals surface area contributed by atoms with E-state index >= 15 is 0 Å². The molecule has 4 aromatic rings. The minimum absolute atomic E-state index is 0.0994. The van der Waals surface area contributed by atoms with Crippen LogP contribution in [0.4, 0.5) is 4.39 Å². The van der Waals surface area contributed by atoms with Crippen LogP contribution in [-0.2, 0) is 22.4 Å². The predicted molar refractivity (Wildman–Crippen MR) is 131 cm³/mol. The van der Waals surface area contributed by atoms with Crippen LogP contribution in [0.1, 0.15) is 34.3 Å². The number of hydrogen-bond donors (Lipinski definition) is 1. The molecule has 0 saturated heterocycles. The summed E-state index contributed by atoms with van der Waals surface area (Å²) in [6.45, 7) is 0. The summed E-state index contributed by atoms with van der Waals surface area (Å²) < 4.78 is 19.1. The number of benzene rings is 3. The standard InChI is InChI=1S/C29H22FNO5/c30-21-6-1-18(2-7-21)15-26(32)29(12-13-29)27(33)16-19-3-8-22(9-4-19)36-25-11-14-31-24-17-20(28(34)35)5-10-23(24)25/h1-11,14,17H,12-13,15-16H2,(H,34,35). The fourth-order valence-corrected chi connectivity index (χ4v) is 4.30.